The summed E-state index contributed by atoms with van der Waals surface area (Å²) in [6, 6.07) is 22.8. The predicted molar refractivity (Wildman–Crippen MR) is 150 cm³/mol. The minimum atomic E-state index is 0.0712. The summed E-state index contributed by atoms with van der Waals surface area (Å²) in [5, 5.41) is 0. The Morgan fingerprint density at radius 2 is 1.86 bits per heavy atom. The zero-order valence-corrected chi connectivity index (χ0v) is 21.8. The number of amides is 1. The molecule has 0 N–H and O–H groups in total. The number of anilines is 1. The van der Waals surface area contributed by atoms with Crippen molar-refractivity contribution in [3.8, 4) is 5.75 Å². The lowest BCUT2D eigenvalue weighted by atomic mass is 10.1. The maximum atomic E-state index is 13.1. The number of unbranched alkanes of at least 4 members (excludes halogenated alkanes) is 1. The topological polar surface area (TPSA) is 47.4 Å². The van der Waals surface area contributed by atoms with Crippen LogP contribution >= 0.6 is 0 Å². The lowest BCUT2D eigenvalue weighted by Crippen LogP contribution is -2.25. The SMILES string of the molecule is C=CCc1ccccc1OCCCCn1c(C2CC(=O)N(c3cc(C)ccc3C)C2)nc2ccccc21. The number of ether oxygens (including phenoxy) is 1. The van der Waals surface area contributed by atoms with Crippen molar-refractivity contribution < 1.29 is 9.53 Å². The largest absolute Gasteiger partial charge is 0.493 e. The second-order valence-electron chi connectivity index (χ2n) is 9.96. The summed E-state index contributed by atoms with van der Waals surface area (Å²) < 4.78 is 8.43. The van der Waals surface area contributed by atoms with Crippen molar-refractivity contribution in [2.24, 2.45) is 0 Å². The monoisotopic (exact) mass is 493 g/mol. The number of allylic oxidation sites excluding steroid dienone is 1. The van der Waals surface area contributed by atoms with Crippen molar-refractivity contribution in [3.05, 3.63) is 102 Å². The minimum Gasteiger partial charge on any atom is -0.493 e. The van der Waals surface area contributed by atoms with Crippen molar-refractivity contribution in [2.45, 2.75) is 52.0 Å². The van der Waals surface area contributed by atoms with E-state index < -0.39 is 0 Å². The summed E-state index contributed by atoms with van der Waals surface area (Å²) >= 11 is 0. The first-order valence-corrected chi connectivity index (χ1v) is 13.2. The van der Waals surface area contributed by atoms with Crippen LogP contribution in [-0.4, -0.2) is 28.6 Å². The van der Waals surface area contributed by atoms with Gasteiger partial charge in [-0.1, -0.05) is 48.5 Å². The molecular formula is C32H35N3O2. The van der Waals surface area contributed by atoms with E-state index in [9.17, 15) is 4.79 Å². The van der Waals surface area contributed by atoms with E-state index in [1.807, 2.05) is 35.2 Å². The Morgan fingerprint density at radius 1 is 1.05 bits per heavy atom. The second-order valence-corrected chi connectivity index (χ2v) is 9.96. The molecule has 3 aromatic carbocycles. The Balaban J connectivity index is 1.30. The van der Waals surface area contributed by atoms with Gasteiger partial charge in [0.2, 0.25) is 5.91 Å². The highest BCUT2D eigenvalue weighted by Gasteiger charge is 2.35. The van der Waals surface area contributed by atoms with Gasteiger partial charge in [0.05, 0.1) is 17.6 Å². The summed E-state index contributed by atoms with van der Waals surface area (Å²) in [6.45, 7) is 10.2. The molecule has 190 valence electrons. The number of imidazole rings is 1. The van der Waals surface area contributed by atoms with Gasteiger partial charge in [-0.05, 0) is 74.1 Å². The highest BCUT2D eigenvalue weighted by Crippen LogP contribution is 2.35. The van der Waals surface area contributed by atoms with E-state index in [1.165, 1.54) is 11.1 Å². The smallest absolute Gasteiger partial charge is 0.227 e. The van der Waals surface area contributed by atoms with Crippen molar-refractivity contribution in [1.82, 2.24) is 9.55 Å². The number of fused-ring (bicyclic) bond motifs is 1. The molecule has 1 aliphatic rings. The van der Waals surface area contributed by atoms with Crippen molar-refractivity contribution in [3.63, 3.8) is 0 Å². The van der Waals surface area contributed by atoms with Gasteiger partial charge in [-0.25, -0.2) is 4.98 Å². The third-order valence-electron chi connectivity index (χ3n) is 7.20. The third kappa shape index (κ3) is 5.31. The number of benzene rings is 3. The number of aryl methyl sites for hydroxylation is 3. The van der Waals surface area contributed by atoms with Crippen LogP contribution in [0.4, 0.5) is 5.69 Å². The lowest BCUT2D eigenvalue weighted by Gasteiger charge is -2.20. The Bertz CT molecular complexity index is 1420. The van der Waals surface area contributed by atoms with Gasteiger partial charge in [-0.2, -0.15) is 0 Å². The van der Waals surface area contributed by atoms with Crippen LogP contribution in [0, 0.1) is 13.8 Å². The molecule has 2 heterocycles. The van der Waals surface area contributed by atoms with Crippen LogP contribution in [-0.2, 0) is 17.8 Å². The molecule has 5 rings (SSSR count). The molecule has 0 radical (unpaired) electrons. The summed E-state index contributed by atoms with van der Waals surface area (Å²) in [5.41, 5.74) is 6.60. The number of para-hydroxylation sites is 3. The molecule has 1 unspecified atom stereocenters. The van der Waals surface area contributed by atoms with Crippen LogP contribution < -0.4 is 9.64 Å². The fraction of sp³-hybridized carbons (Fsp3) is 0.312. The van der Waals surface area contributed by atoms with E-state index in [4.69, 9.17) is 9.72 Å². The molecule has 1 atom stereocenters. The van der Waals surface area contributed by atoms with Crippen LogP contribution in [0.1, 0.15) is 47.7 Å². The molecule has 0 aliphatic carbocycles. The highest BCUT2D eigenvalue weighted by molar-refractivity contribution is 5.97. The van der Waals surface area contributed by atoms with E-state index in [1.54, 1.807) is 0 Å². The van der Waals surface area contributed by atoms with Gasteiger partial charge in [0.1, 0.15) is 11.6 Å². The zero-order chi connectivity index (χ0) is 25.8. The maximum Gasteiger partial charge on any atom is 0.227 e. The Labute approximate surface area is 219 Å². The molecule has 1 aromatic heterocycles. The molecule has 5 heteroatoms. The number of carbonyl (C=O) groups excluding carboxylic acids is 1. The second kappa shape index (κ2) is 11.0. The Morgan fingerprint density at radius 3 is 2.73 bits per heavy atom. The van der Waals surface area contributed by atoms with Crippen molar-refractivity contribution in [2.75, 3.05) is 18.1 Å². The van der Waals surface area contributed by atoms with Crippen LogP contribution in [0.2, 0.25) is 0 Å². The van der Waals surface area contributed by atoms with E-state index >= 15 is 0 Å². The fourth-order valence-corrected chi connectivity index (χ4v) is 5.29. The van der Waals surface area contributed by atoms with Gasteiger partial charge in [-0.3, -0.25) is 4.79 Å². The molecule has 4 aromatic rings. The standard InChI is InChI=1S/C32H35N3O2/c1-4-11-25-12-5-8-15-30(25)37-19-10-9-18-34-28-14-7-6-13-27(28)33-32(34)26-21-31(36)35(22-26)29-20-23(2)16-17-24(29)3/h4-8,12-17,20,26H,1,9-11,18-19,21-22H2,2-3H3. The van der Waals surface area contributed by atoms with Crippen LogP contribution in [0.25, 0.3) is 11.0 Å². The van der Waals surface area contributed by atoms with Gasteiger partial charge in [0, 0.05) is 31.1 Å². The van der Waals surface area contributed by atoms with Crippen LogP contribution in [0.5, 0.6) is 5.75 Å². The van der Waals surface area contributed by atoms with E-state index in [-0.39, 0.29) is 11.8 Å². The number of rotatable bonds is 10. The molecular weight excluding hydrogens is 458 g/mol. The third-order valence-corrected chi connectivity index (χ3v) is 7.20. The summed E-state index contributed by atoms with van der Waals surface area (Å²) in [7, 11) is 0. The summed E-state index contributed by atoms with van der Waals surface area (Å²) in [5.74, 6) is 2.19. The minimum absolute atomic E-state index is 0.0712. The van der Waals surface area contributed by atoms with Crippen molar-refractivity contribution >= 4 is 22.6 Å². The molecule has 1 amide bonds. The molecule has 0 bridgehead atoms. The zero-order valence-electron chi connectivity index (χ0n) is 21.8. The first-order chi connectivity index (χ1) is 18.0. The van der Waals surface area contributed by atoms with Crippen molar-refractivity contribution in [1.29, 1.82) is 0 Å². The van der Waals surface area contributed by atoms with Crippen LogP contribution in [0.15, 0.2) is 79.4 Å². The van der Waals surface area contributed by atoms with Crippen LogP contribution in [0.3, 0.4) is 0 Å². The van der Waals surface area contributed by atoms with Gasteiger partial charge in [0.25, 0.3) is 0 Å². The molecule has 1 saturated heterocycles. The summed E-state index contributed by atoms with van der Waals surface area (Å²) in [4.78, 5) is 20.1. The normalized spacial score (nSPS) is 15.5. The lowest BCUT2D eigenvalue weighted by molar-refractivity contribution is -0.117. The van der Waals surface area contributed by atoms with E-state index in [0.717, 1.165) is 59.7 Å². The molecule has 0 saturated carbocycles. The van der Waals surface area contributed by atoms with E-state index in [0.29, 0.717) is 19.6 Å². The average Bonchev–Trinajstić information content (AvgIpc) is 3.47. The fourth-order valence-electron chi connectivity index (χ4n) is 5.29. The molecule has 5 nitrogen and oxygen atoms in total. The summed E-state index contributed by atoms with van der Waals surface area (Å²) in [6.07, 6.45) is 5.10. The number of carbonyl (C=O) groups is 1. The molecule has 0 spiro atoms. The first-order valence-electron chi connectivity index (χ1n) is 13.2. The first kappa shape index (κ1) is 24.8. The van der Waals surface area contributed by atoms with Gasteiger partial charge < -0.3 is 14.2 Å². The van der Waals surface area contributed by atoms with Gasteiger partial charge in [-0.15, -0.1) is 6.58 Å². The molecule has 37 heavy (non-hydrogen) atoms. The van der Waals surface area contributed by atoms with E-state index in [2.05, 4.69) is 67.5 Å². The van der Waals surface area contributed by atoms with Gasteiger partial charge in [0.15, 0.2) is 0 Å². The Kier molecular flexibility index (Phi) is 7.40. The van der Waals surface area contributed by atoms with Gasteiger partial charge >= 0.3 is 0 Å². The Hall–Kier alpha value is -3.86. The average molecular weight is 494 g/mol. The number of hydrogen-bond donors (Lipinski definition) is 0. The molecule has 1 fully saturated rings. The predicted octanol–water partition coefficient (Wildman–Crippen LogP) is 6.76. The number of nitrogens with zero attached hydrogens (tertiary/aromatic N) is 3. The number of hydrogen-bond acceptors (Lipinski definition) is 3. The highest BCUT2D eigenvalue weighted by atomic mass is 16.5. The maximum absolute atomic E-state index is 13.1. The molecule has 1 aliphatic heterocycles. The number of aromatic nitrogens is 2. The quantitative estimate of drug-likeness (QED) is 0.181.